The number of aromatic nitrogens is 1. The van der Waals surface area contributed by atoms with E-state index < -0.39 is 67.2 Å². The van der Waals surface area contributed by atoms with Crippen LogP contribution in [0.3, 0.4) is 0 Å². The Hall–Kier alpha value is -2.13. The van der Waals surface area contributed by atoms with E-state index in [9.17, 15) is 23.5 Å². The number of halogens is 4. The number of anilines is 1. The maximum atomic E-state index is 14.9. The molecular weight excluding hydrogens is 676 g/mol. The van der Waals surface area contributed by atoms with E-state index in [1.807, 2.05) is 0 Å². The highest BCUT2D eigenvalue weighted by molar-refractivity contribution is 9.10. The fourth-order valence-corrected chi connectivity index (χ4v) is 6.40. The van der Waals surface area contributed by atoms with Gasteiger partial charge in [0.25, 0.3) is 5.91 Å². The van der Waals surface area contributed by atoms with Crippen LogP contribution < -0.4 is 10.2 Å². The Bertz CT molecular complexity index is 1750. The lowest BCUT2D eigenvalue weighted by molar-refractivity contribution is -0.137. The normalized spacial score (nSPS) is 19.6. The van der Waals surface area contributed by atoms with Gasteiger partial charge in [-0.3, -0.25) is 9.59 Å². The van der Waals surface area contributed by atoms with Crippen molar-refractivity contribution >= 4 is 135 Å². The van der Waals surface area contributed by atoms with Crippen molar-refractivity contribution in [1.82, 2.24) is 10.3 Å². The number of benzene rings is 2. The van der Waals surface area contributed by atoms with Crippen LogP contribution in [-0.4, -0.2) is 118 Å². The monoisotopic (exact) mass is 693 g/mol. The molecule has 20 heteroatoms. The first kappa shape index (κ1) is 37.7. The molecule has 1 fully saturated rings. The summed E-state index contributed by atoms with van der Waals surface area (Å²) in [6.07, 6.45) is -0.643. The van der Waals surface area contributed by atoms with Gasteiger partial charge in [-0.1, -0.05) is 27.5 Å². The van der Waals surface area contributed by atoms with Gasteiger partial charge in [0.15, 0.2) is 0 Å². The number of hydrogen-bond donors (Lipinski definition) is 2. The van der Waals surface area contributed by atoms with E-state index in [4.69, 9.17) is 90.1 Å². The third-order valence-electron chi connectivity index (χ3n) is 8.74. The van der Waals surface area contributed by atoms with E-state index in [2.05, 4.69) is 26.2 Å². The summed E-state index contributed by atoms with van der Waals surface area (Å²) in [4.78, 5) is 30.9. The third-order valence-corrected chi connectivity index (χ3v) is 9.62. The molecule has 3 aromatic rings. The number of rotatable bonds is 8. The average Bonchev–Trinajstić information content (AvgIpc) is 2.95. The van der Waals surface area contributed by atoms with E-state index in [-0.39, 0.29) is 46.4 Å². The largest absolute Gasteiger partial charge is 0.481 e. The van der Waals surface area contributed by atoms with Crippen molar-refractivity contribution in [2.75, 3.05) is 11.4 Å². The standard InChI is InChI=1S/C27H17B10BrClF2N3O3/c1-10-18(22(47)42-9-11(2-7-17(45)46)19-14(40)4-5-15(41)20(19)39)13-8-12(38)3-6-16(13)43-21(10)44-26(34,35)24(30,31)23(28,29)25(32,33)27(44,36)37/h3-6,8,11H,2,7,9H2,1H3,(H,42,47)(H,45,46). The number of carboxylic acid groups (broad SMARTS) is 1. The van der Waals surface area contributed by atoms with Crippen molar-refractivity contribution < 1.29 is 23.5 Å². The molecule has 1 atom stereocenters. The van der Waals surface area contributed by atoms with E-state index in [1.54, 1.807) is 12.1 Å². The summed E-state index contributed by atoms with van der Waals surface area (Å²) in [7, 11) is 63.5. The number of hydrogen-bond acceptors (Lipinski definition) is 4. The Morgan fingerprint density at radius 1 is 0.957 bits per heavy atom. The van der Waals surface area contributed by atoms with Gasteiger partial charge in [0.05, 0.1) is 94.6 Å². The van der Waals surface area contributed by atoms with Gasteiger partial charge >= 0.3 is 5.97 Å². The van der Waals surface area contributed by atoms with Crippen molar-refractivity contribution in [3.05, 3.63) is 68.2 Å². The molecule has 1 saturated heterocycles. The minimum absolute atomic E-state index is 0.0442. The number of aliphatic carboxylic acids is 1. The fraction of sp³-hybridized carbons (Fsp3) is 0.370. The van der Waals surface area contributed by atoms with Crippen LogP contribution in [0.5, 0.6) is 0 Å². The molecule has 6 nitrogen and oxygen atoms in total. The van der Waals surface area contributed by atoms with Crippen LogP contribution in [0.4, 0.5) is 14.6 Å². The zero-order chi connectivity index (χ0) is 35.7. The predicted octanol–water partition coefficient (Wildman–Crippen LogP) is 1.78. The first-order valence-corrected chi connectivity index (χ1v) is 15.0. The predicted molar refractivity (Wildman–Crippen MR) is 191 cm³/mol. The number of carbonyl (C=O) groups is 2. The summed E-state index contributed by atoms with van der Waals surface area (Å²) in [6.45, 7) is 1.08. The Morgan fingerprint density at radius 3 is 2.06 bits per heavy atom. The summed E-state index contributed by atoms with van der Waals surface area (Å²) in [5, 5.41) is -0.867. The van der Waals surface area contributed by atoms with Gasteiger partial charge < -0.3 is 15.3 Å². The van der Waals surface area contributed by atoms with Crippen molar-refractivity contribution in [1.29, 1.82) is 0 Å². The second kappa shape index (κ2) is 12.6. The highest BCUT2D eigenvalue weighted by atomic mass is 79.9. The topological polar surface area (TPSA) is 82.5 Å². The number of pyridine rings is 1. The molecule has 47 heavy (non-hydrogen) atoms. The van der Waals surface area contributed by atoms with Crippen LogP contribution in [0.1, 0.15) is 40.2 Å². The molecule has 0 spiro atoms. The van der Waals surface area contributed by atoms with Gasteiger partial charge in [-0.15, -0.1) is 15.6 Å². The number of nitrogens with one attached hydrogen (secondary N) is 1. The van der Waals surface area contributed by atoms with Gasteiger partial charge in [0.2, 0.25) is 0 Å². The van der Waals surface area contributed by atoms with Gasteiger partial charge in [0, 0.05) is 39.9 Å². The molecule has 1 aromatic heterocycles. The second-order valence-corrected chi connectivity index (χ2v) is 13.1. The zero-order valence-electron chi connectivity index (χ0n) is 25.0. The molecule has 216 valence electrons. The van der Waals surface area contributed by atoms with Crippen LogP contribution >= 0.6 is 27.5 Å². The molecular formula is C27H17B10BrClF2N3O3. The van der Waals surface area contributed by atoms with Gasteiger partial charge in [-0.2, -0.15) is 0 Å². The Morgan fingerprint density at radius 2 is 1.51 bits per heavy atom. The van der Waals surface area contributed by atoms with Crippen LogP contribution in [0.2, 0.25) is 20.7 Å². The van der Waals surface area contributed by atoms with Gasteiger partial charge in [0.1, 0.15) is 17.5 Å². The summed E-state index contributed by atoms with van der Waals surface area (Å²) in [5.41, 5.74) is -0.107. The van der Waals surface area contributed by atoms with E-state index >= 15 is 0 Å². The molecule has 4 rings (SSSR count). The van der Waals surface area contributed by atoms with Crippen LogP contribution in [0, 0.1) is 18.6 Å². The molecule has 2 aromatic carbocycles. The van der Waals surface area contributed by atoms with Crippen molar-refractivity contribution in [3.63, 3.8) is 0 Å². The zero-order valence-corrected chi connectivity index (χ0v) is 27.4. The first-order chi connectivity index (χ1) is 21.4. The quantitative estimate of drug-likeness (QED) is 0.278. The Labute approximate surface area is 298 Å². The van der Waals surface area contributed by atoms with E-state index in [1.165, 1.54) is 13.0 Å². The third kappa shape index (κ3) is 5.93. The molecule has 1 amide bonds. The minimum Gasteiger partial charge on any atom is -0.481 e. The van der Waals surface area contributed by atoms with Gasteiger partial charge in [-0.25, -0.2) is 13.8 Å². The van der Waals surface area contributed by atoms with Crippen LogP contribution in [0.25, 0.3) is 10.9 Å². The minimum atomic E-state index is -2.52. The van der Waals surface area contributed by atoms with Crippen LogP contribution in [-0.2, 0) is 4.79 Å². The lowest BCUT2D eigenvalue weighted by Crippen LogP contribution is -2.81. The summed E-state index contributed by atoms with van der Waals surface area (Å²) < 4.78 is 29.8. The lowest BCUT2D eigenvalue weighted by atomic mass is 9.05. The molecule has 0 bridgehead atoms. The Balaban J connectivity index is 1.90. The average molecular weight is 693 g/mol. The molecule has 2 N–H and O–H groups in total. The second-order valence-electron chi connectivity index (χ2n) is 11.8. The Kier molecular flexibility index (Phi) is 10.1. The molecule has 1 aliphatic rings. The number of nitrogens with zero attached hydrogens (tertiary/aromatic N) is 2. The number of carboxylic acids is 1. The lowest BCUT2D eigenvalue weighted by Gasteiger charge is -2.79. The summed E-state index contributed by atoms with van der Waals surface area (Å²) in [5.74, 6) is -5.09. The number of fused-ring (bicyclic) bond motifs is 1. The highest BCUT2D eigenvalue weighted by Gasteiger charge is 2.64. The maximum Gasteiger partial charge on any atom is 0.303 e. The van der Waals surface area contributed by atoms with E-state index in [0.717, 1.165) is 17.0 Å². The SMILES string of the molecule is [B]C1([B])N(c2nc3ccc(Br)cc3c(C(=O)NCC(CCC(=O)O)c3c(F)ccc(F)c3Cl)c2C)C([B])([B])C([B])([B])C([B])([B])C1([B])[B]. The smallest absolute Gasteiger partial charge is 0.303 e. The highest BCUT2D eigenvalue weighted by Crippen LogP contribution is 2.69. The van der Waals surface area contributed by atoms with E-state index in [0.29, 0.717) is 4.47 Å². The number of piperidine rings is 1. The molecule has 1 unspecified atom stereocenters. The number of carbonyl (C=O) groups excluding carboxylic acids is 1. The fourth-order valence-electron chi connectivity index (χ4n) is 5.73. The summed E-state index contributed by atoms with van der Waals surface area (Å²) in [6, 6.07) is 6.43. The van der Waals surface area contributed by atoms with Crippen molar-refractivity contribution in [2.45, 2.75) is 52.0 Å². The maximum absolute atomic E-state index is 14.9. The first-order valence-electron chi connectivity index (χ1n) is 13.9. The van der Waals surface area contributed by atoms with Gasteiger partial charge in [-0.05, 0) is 54.4 Å². The van der Waals surface area contributed by atoms with Crippen molar-refractivity contribution in [2.24, 2.45) is 0 Å². The van der Waals surface area contributed by atoms with Crippen LogP contribution in [0.15, 0.2) is 34.8 Å². The number of amides is 1. The molecule has 20 radical (unpaired) electrons. The summed E-state index contributed by atoms with van der Waals surface area (Å²) >= 11 is 9.46. The molecule has 0 saturated carbocycles. The molecule has 2 heterocycles. The molecule has 1 aliphatic heterocycles. The van der Waals surface area contributed by atoms with Crippen molar-refractivity contribution in [3.8, 4) is 0 Å². The molecule has 0 aliphatic carbocycles.